The summed E-state index contributed by atoms with van der Waals surface area (Å²) >= 11 is 0. The second-order valence-corrected chi connectivity index (χ2v) is 11.4. The maximum Gasteiger partial charge on any atom is 0.278 e. The minimum Gasteiger partial charge on any atom is -0.502 e. The number of ether oxygens (including phenoxy) is 1. The largest absolute Gasteiger partial charge is 0.502 e. The second kappa shape index (κ2) is 9.48. The number of alkyl halides is 2. The van der Waals surface area contributed by atoms with Gasteiger partial charge in [0.25, 0.3) is 5.91 Å². The Morgan fingerprint density at radius 3 is 2.57 bits per heavy atom. The van der Waals surface area contributed by atoms with Crippen LogP contribution in [0.2, 0.25) is 0 Å². The second-order valence-electron chi connectivity index (χ2n) is 11.4. The highest BCUT2D eigenvalue weighted by molar-refractivity contribution is 5.96. The number of morpholine rings is 1. The number of carbonyl (C=O) groups is 1. The van der Waals surface area contributed by atoms with Crippen molar-refractivity contribution in [2.75, 3.05) is 36.2 Å². The van der Waals surface area contributed by atoms with Crippen LogP contribution in [0.25, 0.3) is 0 Å². The lowest BCUT2D eigenvalue weighted by Gasteiger charge is -2.53. The van der Waals surface area contributed by atoms with Crippen LogP contribution in [0, 0.1) is 17.6 Å². The third-order valence-corrected chi connectivity index (χ3v) is 9.09. The number of benzene rings is 2. The molecule has 42 heavy (non-hydrogen) atoms. The number of halogens is 4. The van der Waals surface area contributed by atoms with Gasteiger partial charge in [-0.2, -0.15) is 0 Å². The van der Waals surface area contributed by atoms with Gasteiger partial charge in [-0.1, -0.05) is 24.3 Å². The van der Waals surface area contributed by atoms with Gasteiger partial charge in [0.05, 0.1) is 19.3 Å². The Kier molecular flexibility index (Phi) is 6.05. The zero-order chi connectivity index (χ0) is 29.5. The smallest absolute Gasteiger partial charge is 0.278 e. The number of carbonyl (C=O) groups excluding carboxylic acids is 1. The van der Waals surface area contributed by atoms with Crippen LogP contribution in [0.1, 0.15) is 59.0 Å². The molecule has 2 saturated heterocycles. The molecule has 1 amide bonds. The standard InChI is InChI=1S/C30H28F4N4O4/c1-30(33,34)16-8-10-36-23(14-16)38(37-11-9-22(39)28(40)27(37)29(36)41)26-17-4-2-3-5-20(17)35-12-13-42-15-21(35)24-18(26)6-7-19(31)25(24)32/h2-7,9,11,16,21,23,26,40H,8,10,12-15H2,1H3/t16?,21?,23-,26-/m1/s1. The topological polar surface area (TPSA) is 78.2 Å². The molecule has 2 aromatic carbocycles. The summed E-state index contributed by atoms with van der Waals surface area (Å²) in [6, 6.07) is 9.31. The SMILES string of the molecule is CC(F)(F)C1CCN2C(=O)c3c(O)c(=O)ccn3N([C@@H]3c4ccccc4N4CCOCC4c4c3ccc(F)c4F)[C@@H]2C1. The van der Waals surface area contributed by atoms with Crippen LogP contribution in [0.3, 0.4) is 0 Å². The minimum absolute atomic E-state index is 0.0161. The van der Waals surface area contributed by atoms with Crippen molar-refractivity contribution in [1.82, 2.24) is 9.58 Å². The number of nitrogens with zero attached hydrogens (tertiary/aromatic N) is 4. The molecule has 0 saturated carbocycles. The molecule has 7 rings (SSSR count). The Morgan fingerprint density at radius 2 is 1.79 bits per heavy atom. The molecule has 0 radical (unpaired) electrons. The van der Waals surface area contributed by atoms with Crippen LogP contribution in [0.15, 0.2) is 53.5 Å². The van der Waals surface area contributed by atoms with Crippen molar-refractivity contribution in [2.45, 2.75) is 43.9 Å². The molecule has 12 heteroatoms. The number of hydrogen-bond acceptors (Lipinski definition) is 6. The van der Waals surface area contributed by atoms with Crippen LogP contribution in [0.5, 0.6) is 5.75 Å². The zero-order valence-electron chi connectivity index (χ0n) is 22.6. The average Bonchev–Trinajstić information content (AvgIpc) is 3.09. The first-order chi connectivity index (χ1) is 20.1. The van der Waals surface area contributed by atoms with Crippen molar-refractivity contribution < 1.29 is 32.2 Å². The summed E-state index contributed by atoms with van der Waals surface area (Å²) in [5.74, 6) is -7.63. The lowest BCUT2D eigenvalue weighted by Crippen LogP contribution is -2.65. The molecule has 4 atom stereocenters. The molecule has 1 aromatic heterocycles. The predicted octanol–water partition coefficient (Wildman–Crippen LogP) is 4.30. The highest BCUT2D eigenvalue weighted by atomic mass is 19.3. The van der Waals surface area contributed by atoms with Crippen molar-refractivity contribution in [1.29, 1.82) is 0 Å². The number of anilines is 1. The van der Waals surface area contributed by atoms with E-state index in [0.29, 0.717) is 24.3 Å². The van der Waals surface area contributed by atoms with Gasteiger partial charge in [-0.15, -0.1) is 0 Å². The van der Waals surface area contributed by atoms with E-state index in [1.165, 1.54) is 21.8 Å². The van der Waals surface area contributed by atoms with Gasteiger partial charge in [0, 0.05) is 48.1 Å². The fourth-order valence-electron chi connectivity index (χ4n) is 7.10. The van der Waals surface area contributed by atoms with Crippen molar-refractivity contribution in [3.8, 4) is 5.75 Å². The van der Waals surface area contributed by atoms with Crippen molar-refractivity contribution in [3.63, 3.8) is 0 Å². The number of piperidine rings is 1. The number of rotatable bonds is 2. The van der Waals surface area contributed by atoms with E-state index >= 15 is 4.39 Å². The van der Waals surface area contributed by atoms with E-state index in [1.54, 1.807) is 11.1 Å². The first-order valence-electron chi connectivity index (χ1n) is 13.9. The summed E-state index contributed by atoms with van der Waals surface area (Å²) in [4.78, 5) is 29.6. The predicted molar refractivity (Wildman–Crippen MR) is 144 cm³/mol. The van der Waals surface area contributed by atoms with E-state index in [9.17, 15) is 27.9 Å². The van der Waals surface area contributed by atoms with Crippen LogP contribution >= 0.6 is 0 Å². The van der Waals surface area contributed by atoms with Crippen molar-refractivity contribution in [2.24, 2.45) is 5.92 Å². The quantitative estimate of drug-likeness (QED) is 0.453. The lowest BCUT2D eigenvalue weighted by molar-refractivity contribution is -0.0744. The highest BCUT2D eigenvalue weighted by Gasteiger charge is 2.51. The number of aromatic nitrogens is 1. The normalized spacial score (nSPS) is 25.2. The number of para-hydroxylation sites is 1. The fraction of sp³-hybridized carbons (Fsp3) is 0.400. The number of pyridine rings is 1. The van der Waals surface area contributed by atoms with Gasteiger partial charge in [0.2, 0.25) is 11.4 Å². The first kappa shape index (κ1) is 26.8. The lowest BCUT2D eigenvalue weighted by atomic mass is 9.86. The number of aromatic hydroxyl groups is 1. The number of amides is 1. The molecule has 0 bridgehead atoms. The molecule has 8 nitrogen and oxygen atoms in total. The van der Waals surface area contributed by atoms with Gasteiger partial charge in [-0.05, 0) is 37.5 Å². The van der Waals surface area contributed by atoms with Gasteiger partial charge in [0.1, 0.15) is 12.2 Å². The maximum absolute atomic E-state index is 15.9. The Bertz CT molecular complexity index is 1660. The van der Waals surface area contributed by atoms with E-state index in [1.807, 2.05) is 23.1 Å². The van der Waals surface area contributed by atoms with Crippen LogP contribution < -0.4 is 15.3 Å². The first-order valence-corrected chi connectivity index (χ1v) is 13.9. The van der Waals surface area contributed by atoms with Gasteiger partial charge in [0.15, 0.2) is 23.1 Å². The minimum atomic E-state index is -3.04. The van der Waals surface area contributed by atoms with E-state index in [4.69, 9.17) is 4.74 Å². The Labute approximate surface area is 238 Å². The van der Waals surface area contributed by atoms with Crippen LogP contribution in [-0.2, 0) is 4.74 Å². The molecular formula is C30H28F4N4O4. The molecule has 2 fully saturated rings. The van der Waals surface area contributed by atoms with Gasteiger partial charge >= 0.3 is 0 Å². The molecule has 220 valence electrons. The van der Waals surface area contributed by atoms with E-state index in [2.05, 4.69) is 0 Å². The third kappa shape index (κ3) is 3.84. The Morgan fingerprint density at radius 1 is 1.00 bits per heavy atom. The molecule has 0 spiro atoms. The summed E-state index contributed by atoms with van der Waals surface area (Å²) in [5.41, 5.74) is 0.732. The van der Waals surface area contributed by atoms with Gasteiger partial charge in [-0.25, -0.2) is 17.6 Å². The Hall–Kier alpha value is -4.06. The summed E-state index contributed by atoms with van der Waals surface area (Å²) in [7, 11) is 0. The van der Waals surface area contributed by atoms with Crippen LogP contribution in [-0.4, -0.2) is 59.0 Å². The van der Waals surface area contributed by atoms with Crippen molar-refractivity contribution in [3.05, 3.63) is 92.9 Å². The summed E-state index contributed by atoms with van der Waals surface area (Å²) in [6.45, 7) is 1.66. The third-order valence-electron chi connectivity index (χ3n) is 9.09. The molecular weight excluding hydrogens is 556 g/mol. The molecule has 0 aliphatic carbocycles. The van der Waals surface area contributed by atoms with E-state index in [-0.39, 0.29) is 37.3 Å². The molecule has 3 aromatic rings. The van der Waals surface area contributed by atoms with Gasteiger partial charge in [-0.3, -0.25) is 19.3 Å². The number of hydrogen-bond donors (Lipinski definition) is 1. The molecule has 4 aliphatic rings. The molecule has 5 heterocycles. The molecule has 4 aliphatic heterocycles. The number of fused-ring (bicyclic) bond motifs is 7. The van der Waals surface area contributed by atoms with Crippen LogP contribution in [0.4, 0.5) is 23.2 Å². The monoisotopic (exact) mass is 584 g/mol. The maximum atomic E-state index is 15.9. The molecule has 1 N–H and O–H groups in total. The van der Waals surface area contributed by atoms with Gasteiger partial charge < -0.3 is 19.6 Å². The summed E-state index contributed by atoms with van der Waals surface area (Å²) in [5, 5.41) is 12.5. The zero-order valence-corrected chi connectivity index (χ0v) is 22.6. The summed E-state index contributed by atoms with van der Waals surface area (Å²) in [6.07, 6.45) is 0.253. The Balaban J connectivity index is 1.54. The summed E-state index contributed by atoms with van der Waals surface area (Å²) < 4.78 is 67.4. The highest BCUT2D eigenvalue weighted by Crippen LogP contribution is 2.49. The van der Waals surface area contributed by atoms with E-state index < -0.39 is 58.8 Å². The average molecular weight is 585 g/mol. The van der Waals surface area contributed by atoms with Crippen molar-refractivity contribution >= 4 is 11.6 Å². The molecule has 2 unspecified atom stereocenters. The fourth-order valence-corrected chi connectivity index (χ4v) is 7.10. The van der Waals surface area contributed by atoms with E-state index in [0.717, 1.165) is 24.7 Å².